The predicted octanol–water partition coefficient (Wildman–Crippen LogP) is 0.173. The van der Waals surface area contributed by atoms with E-state index >= 15 is 0 Å². The van der Waals surface area contributed by atoms with Crippen LogP contribution in [0.4, 0.5) is 0 Å². The molecule has 1 aliphatic rings. The summed E-state index contributed by atoms with van der Waals surface area (Å²) >= 11 is 0. The minimum absolute atomic E-state index is 0.364. The van der Waals surface area contributed by atoms with Gasteiger partial charge in [-0.25, -0.2) is 0 Å². The molecule has 0 spiro atoms. The second kappa shape index (κ2) is 4.21. The first-order valence-electron chi connectivity index (χ1n) is 5.41. The topological polar surface area (TPSA) is 71.2 Å². The fourth-order valence-corrected chi connectivity index (χ4v) is 2.07. The third-order valence-corrected chi connectivity index (χ3v) is 3.18. The van der Waals surface area contributed by atoms with Crippen molar-refractivity contribution in [3.05, 3.63) is 11.6 Å². The van der Waals surface area contributed by atoms with Gasteiger partial charge in [-0.2, -0.15) is 0 Å². The zero-order valence-corrected chi connectivity index (χ0v) is 9.55. The largest absolute Gasteiger partial charge is 0.480 e. The fraction of sp³-hybridized carbons (Fsp3) is 0.700. The van der Waals surface area contributed by atoms with Crippen LogP contribution in [0.5, 0.6) is 0 Å². The number of aryl methyl sites for hydroxylation is 1. The molecule has 16 heavy (non-hydrogen) atoms. The molecule has 88 valence electrons. The Hall–Kier alpha value is -1.43. The summed E-state index contributed by atoms with van der Waals surface area (Å²) in [5.74, 6) is 0.933. The number of nitrogens with zero attached hydrogens (tertiary/aromatic N) is 4. The lowest BCUT2D eigenvalue weighted by atomic mass is 10.2. The van der Waals surface area contributed by atoms with E-state index in [4.69, 9.17) is 5.11 Å². The minimum Gasteiger partial charge on any atom is -0.480 e. The summed E-state index contributed by atoms with van der Waals surface area (Å²) < 4.78 is 1.90. The molecular formula is C10H16N4O2. The number of carboxylic acids is 1. The predicted molar refractivity (Wildman–Crippen MR) is 56.8 cm³/mol. The molecule has 2 rings (SSSR count). The Morgan fingerprint density at radius 1 is 1.56 bits per heavy atom. The summed E-state index contributed by atoms with van der Waals surface area (Å²) in [6.07, 6.45) is 1.67. The molecule has 1 aromatic rings. The van der Waals surface area contributed by atoms with Crippen LogP contribution >= 0.6 is 0 Å². The summed E-state index contributed by atoms with van der Waals surface area (Å²) in [7, 11) is 1.90. The quantitative estimate of drug-likeness (QED) is 0.792. The Morgan fingerprint density at radius 2 is 2.31 bits per heavy atom. The molecule has 0 saturated carbocycles. The maximum absolute atomic E-state index is 11.0. The van der Waals surface area contributed by atoms with Crippen LogP contribution < -0.4 is 0 Å². The van der Waals surface area contributed by atoms with E-state index in [1.54, 1.807) is 0 Å². The second-order valence-corrected chi connectivity index (χ2v) is 4.19. The van der Waals surface area contributed by atoms with E-state index in [1.807, 2.05) is 23.4 Å². The van der Waals surface area contributed by atoms with Crippen molar-refractivity contribution in [1.82, 2.24) is 19.7 Å². The standard InChI is InChI=1S/C10H16N4O2/c1-7-11-12-9(13(7)2)6-14-5-3-4-8(14)10(15)16/h8H,3-6H2,1-2H3,(H,15,16). The van der Waals surface area contributed by atoms with Crippen LogP contribution in [0, 0.1) is 6.92 Å². The van der Waals surface area contributed by atoms with Crippen molar-refractivity contribution in [3.63, 3.8) is 0 Å². The molecule has 0 aliphatic carbocycles. The van der Waals surface area contributed by atoms with E-state index in [0.717, 1.165) is 31.0 Å². The third kappa shape index (κ3) is 1.92. The Kier molecular flexibility index (Phi) is 2.91. The van der Waals surface area contributed by atoms with Crippen LogP contribution in [0.15, 0.2) is 0 Å². The first kappa shape index (κ1) is 11.1. The van der Waals surface area contributed by atoms with Crippen LogP contribution in [0.1, 0.15) is 24.5 Å². The molecule has 2 heterocycles. The highest BCUT2D eigenvalue weighted by atomic mass is 16.4. The molecule has 0 bridgehead atoms. The van der Waals surface area contributed by atoms with Gasteiger partial charge in [0.2, 0.25) is 0 Å². The van der Waals surface area contributed by atoms with Gasteiger partial charge in [-0.1, -0.05) is 0 Å². The van der Waals surface area contributed by atoms with Gasteiger partial charge in [0.05, 0.1) is 6.54 Å². The molecule has 6 nitrogen and oxygen atoms in total. The Bertz CT molecular complexity index is 402. The zero-order chi connectivity index (χ0) is 11.7. The molecule has 6 heteroatoms. The number of carboxylic acid groups (broad SMARTS) is 1. The summed E-state index contributed by atoms with van der Waals surface area (Å²) in [5.41, 5.74) is 0. The molecule has 1 unspecified atom stereocenters. The molecule has 0 amide bonds. The number of hydrogen-bond donors (Lipinski definition) is 1. The third-order valence-electron chi connectivity index (χ3n) is 3.18. The highest BCUT2D eigenvalue weighted by molar-refractivity contribution is 5.73. The Balaban J connectivity index is 2.09. The van der Waals surface area contributed by atoms with Gasteiger partial charge in [-0.3, -0.25) is 9.69 Å². The number of aliphatic carboxylic acids is 1. The molecule has 1 N–H and O–H groups in total. The van der Waals surface area contributed by atoms with Gasteiger partial charge in [-0.05, 0) is 26.3 Å². The lowest BCUT2D eigenvalue weighted by Gasteiger charge is -2.20. The zero-order valence-electron chi connectivity index (χ0n) is 9.55. The van der Waals surface area contributed by atoms with Crippen LogP contribution in [0.3, 0.4) is 0 Å². The highest BCUT2D eigenvalue weighted by Gasteiger charge is 2.31. The molecule has 1 aliphatic heterocycles. The normalized spacial score (nSPS) is 21.5. The molecular weight excluding hydrogens is 208 g/mol. The summed E-state index contributed by atoms with van der Waals surface area (Å²) in [4.78, 5) is 13.0. The SMILES string of the molecule is Cc1nnc(CN2CCCC2C(=O)O)n1C. The molecule has 0 radical (unpaired) electrons. The molecule has 1 fully saturated rings. The van der Waals surface area contributed by atoms with Crippen molar-refractivity contribution in [3.8, 4) is 0 Å². The van der Waals surface area contributed by atoms with E-state index in [9.17, 15) is 4.79 Å². The van der Waals surface area contributed by atoms with Crippen LogP contribution in [-0.2, 0) is 18.4 Å². The maximum atomic E-state index is 11.0. The number of hydrogen-bond acceptors (Lipinski definition) is 4. The number of likely N-dealkylation sites (tertiary alicyclic amines) is 1. The van der Waals surface area contributed by atoms with Gasteiger partial charge in [0.15, 0.2) is 0 Å². The van der Waals surface area contributed by atoms with Crippen LogP contribution in [0.25, 0.3) is 0 Å². The number of rotatable bonds is 3. The van der Waals surface area contributed by atoms with Crippen molar-refractivity contribution in [2.75, 3.05) is 6.54 Å². The highest BCUT2D eigenvalue weighted by Crippen LogP contribution is 2.19. The Labute approximate surface area is 93.9 Å². The average molecular weight is 224 g/mol. The minimum atomic E-state index is -0.739. The lowest BCUT2D eigenvalue weighted by molar-refractivity contribution is -0.142. The van der Waals surface area contributed by atoms with Crippen molar-refractivity contribution in [2.24, 2.45) is 7.05 Å². The van der Waals surface area contributed by atoms with E-state index in [1.165, 1.54) is 0 Å². The lowest BCUT2D eigenvalue weighted by Crippen LogP contribution is -2.36. The smallest absolute Gasteiger partial charge is 0.320 e. The average Bonchev–Trinajstić information content (AvgIpc) is 2.80. The summed E-state index contributed by atoms with van der Waals surface area (Å²) in [5, 5.41) is 17.1. The van der Waals surface area contributed by atoms with E-state index in [2.05, 4.69) is 10.2 Å². The van der Waals surface area contributed by atoms with Crippen molar-refractivity contribution in [1.29, 1.82) is 0 Å². The molecule has 1 saturated heterocycles. The molecule has 1 atom stereocenters. The van der Waals surface area contributed by atoms with Gasteiger partial charge in [0, 0.05) is 7.05 Å². The second-order valence-electron chi connectivity index (χ2n) is 4.19. The van der Waals surface area contributed by atoms with Gasteiger partial charge in [-0.15, -0.1) is 10.2 Å². The van der Waals surface area contributed by atoms with Crippen LogP contribution in [0.2, 0.25) is 0 Å². The monoisotopic (exact) mass is 224 g/mol. The fourth-order valence-electron chi connectivity index (χ4n) is 2.07. The maximum Gasteiger partial charge on any atom is 0.320 e. The van der Waals surface area contributed by atoms with Crippen molar-refractivity contribution >= 4 is 5.97 Å². The van der Waals surface area contributed by atoms with E-state index in [0.29, 0.717) is 6.54 Å². The van der Waals surface area contributed by atoms with Crippen molar-refractivity contribution in [2.45, 2.75) is 32.4 Å². The molecule has 1 aromatic heterocycles. The first-order chi connectivity index (χ1) is 7.59. The van der Waals surface area contributed by atoms with Crippen LogP contribution in [-0.4, -0.2) is 43.3 Å². The van der Waals surface area contributed by atoms with Gasteiger partial charge in [0.1, 0.15) is 17.7 Å². The number of carbonyl (C=O) groups is 1. The first-order valence-corrected chi connectivity index (χ1v) is 5.41. The summed E-state index contributed by atoms with van der Waals surface area (Å²) in [6.45, 7) is 3.27. The van der Waals surface area contributed by atoms with E-state index in [-0.39, 0.29) is 6.04 Å². The molecule has 0 aromatic carbocycles. The van der Waals surface area contributed by atoms with Crippen molar-refractivity contribution < 1.29 is 9.90 Å². The van der Waals surface area contributed by atoms with Gasteiger partial charge in [0.25, 0.3) is 0 Å². The van der Waals surface area contributed by atoms with E-state index < -0.39 is 5.97 Å². The summed E-state index contributed by atoms with van der Waals surface area (Å²) in [6, 6.07) is -0.364. The van der Waals surface area contributed by atoms with Gasteiger partial charge < -0.3 is 9.67 Å². The number of aromatic nitrogens is 3. The Morgan fingerprint density at radius 3 is 2.88 bits per heavy atom. The van der Waals surface area contributed by atoms with Gasteiger partial charge >= 0.3 is 5.97 Å².